The monoisotopic (exact) mass is 432 g/mol. The van der Waals surface area contributed by atoms with E-state index in [9.17, 15) is 14.9 Å². The number of carbonyl (C=O) groups is 2. The summed E-state index contributed by atoms with van der Waals surface area (Å²) in [5.41, 5.74) is 1.36. The van der Waals surface area contributed by atoms with Crippen LogP contribution in [-0.2, 0) is 4.79 Å². The quantitative estimate of drug-likeness (QED) is 0.253. The molecule has 0 radical (unpaired) electrons. The molecule has 0 aromatic heterocycles. The first-order valence-electron chi connectivity index (χ1n) is 9.13. The molecular formula is C24H17ClN2O4. The maximum atomic E-state index is 12.4. The molecule has 0 saturated carbocycles. The number of hydrogen-bond donors (Lipinski definition) is 1. The number of anilines is 1. The fraction of sp³-hybridized carbons (Fsp3) is 0.0417. The molecule has 0 aliphatic carbocycles. The second-order valence-electron chi connectivity index (χ2n) is 6.32. The van der Waals surface area contributed by atoms with Crippen LogP contribution >= 0.6 is 11.6 Å². The number of hydrogen-bond acceptors (Lipinski definition) is 5. The lowest BCUT2D eigenvalue weighted by Crippen LogP contribution is -2.13. The van der Waals surface area contributed by atoms with Crippen molar-refractivity contribution in [3.63, 3.8) is 0 Å². The highest BCUT2D eigenvalue weighted by atomic mass is 35.5. The molecule has 0 fully saturated rings. The lowest BCUT2D eigenvalue weighted by Gasteiger charge is -2.07. The van der Waals surface area contributed by atoms with Crippen molar-refractivity contribution in [3.05, 3.63) is 94.5 Å². The fourth-order valence-electron chi connectivity index (χ4n) is 2.63. The number of esters is 1. The number of amides is 1. The van der Waals surface area contributed by atoms with Crippen LogP contribution in [0.2, 0.25) is 5.02 Å². The van der Waals surface area contributed by atoms with Gasteiger partial charge < -0.3 is 14.8 Å². The molecule has 0 atom stereocenters. The Morgan fingerprint density at radius 1 is 1.00 bits per heavy atom. The van der Waals surface area contributed by atoms with Crippen molar-refractivity contribution in [2.45, 2.75) is 0 Å². The van der Waals surface area contributed by atoms with E-state index in [0.717, 1.165) is 0 Å². The van der Waals surface area contributed by atoms with Crippen LogP contribution < -0.4 is 14.8 Å². The Morgan fingerprint density at radius 2 is 1.74 bits per heavy atom. The third-order valence-electron chi connectivity index (χ3n) is 4.15. The lowest BCUT2D eigenvalue weighted by molar-refractivity contribution is -0.112. The van der Waals surface area contributed by atoms with E-state index in [0.29, 0.717) is 33.3 Å². The minimum Gasteiger partial charge on any atom is -0.497 e. The van der Waals surface area contributed by atoms with Gasteiger partial charge in [0.15, 0.2) is 0 Å². The Kier molecular flexibility index (Phi) is 7.05. The van der Waals surface area contributed by atoms with Gasteiger partial charge in [-0.15, -0.1) is 0 Å². The van der Waals surface area contributed by atoms with Crippen molar-refractivity contribution in [2.24, 2.45) is 0 Å². The minimum absolute atomic E-state index is 0.0773. The van der Waals surface area contributed by atoms with E-state index in [-0.39, 0.29) is 5.57 Å². The van der Waals surface area contributed by atoms with E-state index >= 15 is 0 Å². The maximum absolute atomic E-state index is 12.4. The summed E-state index contributed by atoms with van der Waals surface area (Å²) in [7, 11) is 1.53. The number of nitriles is 1. The first-order chi connectivity index (χ1) is 15.0. The van der Waals surface area contributed by atoms with Crippen LogP contribution in [0.1, 0.15) is 15.9 Å². The van der Waals surface area contributed by atoms with Crippen LogP contribution in [0, 0.1) is 11.3 Å². The molecule has 7 heteroatoms. The van der Waals surface area contributed by atoms with Gasteiger partial charge in [0.25, 0.3) is 5.91 Å². The smallest absolute Gasteiger partial charge is 0.343 e. The topological polar surface area (TPSA) is 88.4 Å². The molecule has 154 valence electrons. The summed E-state index contributed by atoms with van der Waals surface area (Å²) in [6.07, 6.45) is 1.44. The number of rotatable bonds is 6. The van der Waals surface area contributed by atoms with Gasteiger partial charge in [-0.25, -0.2) is 4.79 Å². The van der Waals surface area contributed by atoms with Crippen LogP contribution in [0.25, 0.3) is 6.08 Å². The second-order valence-corrected chi connectivity index (χ2v) is 6.76. The zero-order chi connectivity index (χ0) is 22.2. The highest BCUT2D eigenvalue weighted by molar-refractivity contribution is 6.30. The molecule has 6 nitrogen and oxygen atoms in total. The SMILES string of the molecule is COc1cccc(NC(=O)/C(C#N)=C/c2ccc(OC(=O)c3cccc(Cl)c3)cc2)c1. The van der Waals surface area contributed by atoms with Gasteiger partial charge in [0.2, 0.25) is 0 Å². The molecule has 0 aliphatic heterocycles. The molecule has 0 aliphatic rings. The van der Waals surface area contributed by atoms with Gasteiger partial charge in [-0.3, -0.25) is 4.79 Å². The number of nitrogens with zero attached hydrogens (tertiary/aromatic N) is 1. The molecule has 3 aromatic rings. The van der Waals surface area contributed by atoms with E-state index in [1.54, 1.807) is 66.7 Å². The predicted octanol–water partition coefficient (Wildman–Crippen LogP) is 5.11. The summed E-state index contributed by atoms with van der Waals surface area (Å²) in [6, 6.07) is 21.6. The average Bonchev–Trinajstić information content (AvgIpc) is 2.78. The molecule has 1 N–H and O–H groups in total. The van der Waals surface area contributed by atoms with Gasteiger partial charge in [-0.05, 0) is 54.1 Å². The van der Waals surface area contributed by atoms with Crippen molar-refractivity contribution in [2.75, 3.05) is 12.4 Å². The molecule has 3 aromatic carbocycles. The van der Waals surface area contributed by atoms with Crippen LogP contribution in [0.3, 0.4) is 0 Å². The number of methoxy groups -OCH3 is 1. The van der Waals surface area contributed by atoms with Crippen molar-refractivity contribution >= 4 is 35.2 Å². The van der Waals surface area contributed by atoms with E-state index in [1.807, 2.05) is 6.07 Å². The fourth-order valence-corrected chi connectivity index (χ4v) is 2.82. The summed E-state index contributed by atoms with van der Waals surface area (Å²) < 4.78 is 10.4. The normalized spacial score (nSPS) is 10.7. The molecule has 3 rings (SSSR count). The maximum Gasteiger partial charge on any atom is 0.343 e. The molecule has 1 amide bonds. The van der Waals surface area contributed by atoms with Gasteiger partial charge in [0.05, 0.1) is 12.7 Å². The van der Waals surface area contributed by atoms with Crippen molar-refractivity contribution in [1.82, 2.24) is 0 Å². The Morgan fingerprint density at radius 3 is 2.42 bits per heavy atom. The van der Waals surface area contributed by atoms with E-state index in [2.05, 4.69) is 5.32 Å². The Hall–Kier alpha value is -4.08. The summed E-state index contributed by atoms with van der Waals surface area (Å²) in [4.78, 5) is 24.6. The molecule has 0 bridgehead atoms. The zero-order valence-electron chi connectivity index (χ0n) is 16.5. The number of carbonyl (C=O) groups excluding carboxylic acids is 2. The minimum atomic E-state index is -0.549. The van der Waals surface area contributed by atoms with Gasteiger partial charge in [-0.1, -0.05) is 35.9 Å². The molecule has 0 saturated heterocycles. The first-order valence-corrected chi connectivity index (χ1v) is 9.51. The number of nitrogens with one attached hydrogen (secondary N) is 1. The molecule has 0 heterocycles. The highest BCUT2D eigenvalue weighted by Crippen LogP contribution is 2.20. The molecule has 0 unspecified atom stereocenters. The summed E-state index contributed by atoms with van der Waals surface area (Å²) in [5, 5.41) is 12.5. The molecule has 0 spiro atoms. The number of ether oxygens (including phenoxy) is 2. The average molecular weight is 433 g/mol. The predicted molar refractivity (Wildman–Crippen MR) is 118 cm³/mol. The highest BCUT2D eigenvalue weighted by Gasteiger charge is 2.11. The number of halogens is 1. The van der Waals surface area contributed by atoms with Gasteiger partial charge in [0.1, 0.15) is 23.1 Å². The van der Waals surface area contributed by atoms with E-state index in [4.69, 9.17) is 21.1 Å². The third-order valence-corrected chi connectivity index (χ3v) is 4.39. The Labute approximate surface area is 184 Å². The lowest BCUT2D eigenvalue weighted by atomic mass is 10.1. The van der Waals surface area contributed by atoms with Gasteiger partial charge >= 0.3 is 5.97 Å². The Bertz CT molecular complexity index is 1180. The van der Waals surface area contributed by atoms with Crippen molar-refractivity contribution in [1.29, 1.82) is 5.26 Å². The summed E-state index contributed by atoms with van der Waals surface area (Å²) >= 11 is 5.89. The van der Waals surface area contributed by atoms with E-state index < -0.39 is 11.9 Å². The van der Waals surface area contributed by atoms with Crippen LogP contribution in [-0.4, -0.2) is 19.0 Å². The molecule has 31 heavy (non-hydrogen) atoms. The Balaban J connectivity index is 1.69. The van der Waals surface area contributed by atoms with Gasteiger partial charge in [0, 0.05) is 16.8 Å². The van der Waals surface area contributed by atoms with Crippen molar-refractivity contribution in [3.8, 4) is 17.6 Å². The summed E-state index contributed by atoms with van der Waals surface area (Å²) in [6.45, 7) is 0. The van der Waals surface area contributed by atoms with Crippen LogP contribution in [0.4, 0.5) is 5.69 Å². The van der Waals surface area contributed by atoms with Crippen LogP contribution in [0.5, 0.6) is 11.5 Å². The third kappa shape index (κ3) is 5.95. The standard InChI is InChI=1S/C24H17ClN2O4/c1-30-22-7-3-6-20(14-22)27-23(28)18(15-26)12-16-8-10-21(11-9-16)31-24(29)17-4-2-5-19(25)13-17/h2-14H,1H3,(H,27,28)/b18-12+. The zero-order valence-corrected chi connectivity index (χ0v) is 17.2. The van der Waals surface area contributed by atoms with E-state index in [1.165, 1.54) is 19.3 Å². The van der Waals surface area contributed by atoms with Crippen molar-refractivity contribution < 1.29 is 19.1 Å². The molecular weight excluding hydrogens is 416 g/mol. The second kappa shape index (κ2) is 10.1. The first kappa shape index (κ1) is 21.6. The largest absolute Gasteiger partial charge is 0.497 e. The van der Waals surface area contributed by atoms with Crippen LogP contribution in [0.15, 0.2) is 78.4 Å². The van der Waals surface area contributed by atoms with Gasteiger partial charge in [-0.2, -0.15) is 5.26 Å². The summed E-state index contributed by atoms with van der Waals surface area (Å²) in [5.74, 6) is -0.182. The number of benzene rings is 3.